The highest BCUT2D eigenvalue weighted by molar-refractivity contribution is 6.34. The van der Waals surface area contributed by atoms with E-state index in [4.69, 9.17) is 37.4 Å². The minimum atomic E-state index is -0.333. The van der Waals surface area contributed by atoms with Crippen molar-refractivity contribution in [2.75, 3.05) is 18.7 Å². The SMILES string of the molecule is Cc1cc(Cl)ccc1OCC(=O)Nc1cc2c(cc1Cl)OCO2. The molecule has 2 aromatic carbocycles. The standard InChI is InChI=1S/C16H13Cl2NO4/c1-9-4-10(17)2-3-13(9)21-7-16(20)19-12-6-15-14(5-11(12)18)22-8-23-15/h2-6H,7-8H2,1H3,(H,19,20). The molecule has 2 aromatic rings. The maximum atomic E-state index is 12.0. The van der Waals surface area contributed by atoms with E-state index in [1.165, 1.54) is 0 Å². The summed E-state index contributed by atoms with van der Waals surface area (Å²) in [7, 11) is 0. The molecule has 5 nitrogen and oxygen atoms in total. The average Bonchev–Trinajstić information content (AvgIpc) is 2.93. The molecule has 0 aliphatic carbocycles. The zero-order valence-electron chi connectivity index (χ0n) is 12.2. The normalized spacial score (nSPS) is 12.1. The first kappa shape index (κ1) is 15.8. The molecule has 7 heteroatoms. The third-order valence-electron chi connectivity index (χ3n) is 3.23. The van der Waals surface area contributed by atoms with Gasteiger partial charge >= 0.3 is 0 Å². The van der Waals surface area contributed by atoms with Gasteiger partial charge in [-0.05, 0) is 30.7 Å². The van der Waals surface area contributed by atoms with E-state index in [1.807, 2.05) is 6.92 Å². The first-order chi connectivity index (χ1) is 11.0. The molecule has 1 aliphatic heterocycles. The second kappa shape index (κ2) is 6.56. The van der Waals surface area contributed by atoms with Gasteiger partial charge in [0.05, 0.1) is 10.7 Å². The first-order valence-electron chi connectivity index (χ1n) is 6.81. The van der Waals surface area contributed by atoms with Crippen molar-refractivity contribution in [1.29, 1.82) is 0 Å². The molecule has 0 aromatic heterocycles. The van der Waals surface area contributed by atoms with Gasteiger partial charge in [-0.2, -0.15) is 0 Å². The summed E-state index contributed by atoms with van der Waals surface area (Å²) < 4.78 is 16.0. The highest BCUT2D eigenvalue weighted by Gasteiger charge is 2.17. The van der Waals surface area contributed by atoms with Crippen LogP contribution in [0.4, 0.5) is 5.69 Å². The quantitative estimate of drug-likeness (QED) is 0.900. The van der Waals surface area contributed by atoms with Crippen LogP contribution in [0.5, 0.6) is 17.2 Å². The van der Waals surface area contributed by atoms with E-state index in [0.29, 0.717) is 33.0 Å². The number of benzene rings is 2. The number of nitrogens with one attached hydrogen (secondary N) is 1. The third-order valence-corrected chi connectivity index (χ3v) is 3.78. The Bertz CT molecular complexity index is 764. The molecule has 0 radical (unpaired) electrons. The summed E-state index contributed by atoms with van der Waals surface area (Å²) in [5, 5.41) is 3.67. The molecule has 0 fully saturated rings. The smallest absolute Gasteiger partial charge is 0.262 e. The number of rotatable bonds is 4. The summed E-state index contributed by atoms with van der Waals surface area (Å²) in [4.78, 5) is 12.0. The third kappa shape index (κ3) is 3.63. The Kier molecular flexibility index (Phi) is 4.50. The molecule has 0 saturated carbocycles. The van der Waals surface area contributed by atoms with Crippen LogP contribution in [0, 0.1) is 6.92 Å². The Hall–Kier alpha value is -2.11. The van der Waals surface area contributed by atoms with Crippen LogP contribution in [-0.2, 0) is 4.79 Å². The molecule has 3 rings (SSSR count). The number of halogens is 2. The second-order valence-corrected chi connectivity index (χ2v) is 5.78. The Morgan fingerprint density at radius 2 is 1.96 bits per heavy atom. The fourth-order valence-electron chi connectivity index (χ4n) is 2.12. The fraction of sp³-hybridized carbons (Fsp3) is 0.188. The van der Waals surface area contributed by atoms with Gasteiger partial charge in [-0.3, -0.25) is 4.79 Å². The molecule has 1 amide bonds. The Morgan fingerprint density at radius 3 is 2.70 bits per heavy atom. The van der Waals surface area contributed by atoms with E-state index >= 15 is 0 Å². The zero-order chi connectivity index (χ0) is 16.4. The number of ether oxygens (including phenoxy) is 3. The molecule has 0 unspecified atom stereocenters. The van der Waals surface area contributed by atoms with Crippen molar-refractivity contribution in [1.82, 2.24) is 0 Å². The molecule has 1 N–H and O–H groups in total. The number of hydrogen-bond acceptors (Lipinski definition) is 4. The van der Waals surface area contributed by atoms with Gasteiger partial charge in [0.2, 0.25) is 6.79 Å². The van der Waals surface area contributed by atoms with E-state index in [1.54, 1.807) is 30.3 Å². The Labute approximate surface area is 143 Å². The number of carbonyl (C=O) groups is 1. The highest BCUT2D eigenvalue weighted by atomic mass is 35.5. The molecule has 1 aliphatic rings. The number of fused-ring (bicyclic) bond motifs is 1. The van der Waals surface area contributed by atoms with E-state index in [2.05, 4.69) is 5.32 Å². The maximum absolute atomic E-state index is 12.0. The van der Waals surface area contributed by atoms with Crippen LogP contribution in [-0.4, -0.2) is 19.3 Å². The van der Waals surface area contributed by atoms with Crippen LogP contribution in [0.15, 0.2) is 30.3 Å². The van der Waals surface area contributed by atoms with Gasteiger partial charge < -0.3 is 19.5 Å². The lowest BCUT2D eigenvalue weighted by Crippen LogP contribution is -2.20. The van der Waals surface area contributed by atoms with Crippen LogP contribution in [0.25, 0.3) is 0 Å². The summed E-state index contributed by atoms with van der Waals surface area (Å²) in [6.07, 6.45) is 0. The molecule has 1 heterocycles. The number of aryl methyl sites for hydroxylation is 1. The molecular formula is C16H13Cl2NO4. The van der Waals surface area contributed by atoms with E-state index < -0.39 is 0 Å². The van der Waals surface area contributed by atoms with Gasteiger partial charge in [0, 0.05) is 17.2 Å². The summed E-state index contributed by atoms with van der Waals surface area (Å²) in [5.41, 5.74) is 1.30. The van der Waals surface area contributed by atoms with Gasteiger partial charge in [-0.1, -0.05) is 23.2 Å². The molecule has 0 bridgehead atoms. The summed E-state index contributed by atoms with van der Waals surface area (Å²) in [5.74, 6) is 1.36. The van der Waals surface area contributed by atoms with Crippen molar-refractivity contribution < 1.29 is 19.0 Å². The van der Waals surface area contributed by atoms with Crippen LogP contribution >= 0.6 is 23.2 Å². The minimum absolute atomic E-state index is 0.141. The van der Waals surface area contributed by atoms with E-state index in [-0.39, 0.29) is 19.3 Å². The van der Waals surface area contributed by atoms with Crippen LogP contribution < -0.4 is 19.5 Å². The second-order valence-electron chi connectivity index (χ2n) is 4.93. The molecular weight excluding hydrogens is 341 g/mol. The maximum Gasteiger partial charge on any atom is 0.262 e. The first-order valence-corrected chi connectivity index (χ1v) is 7.56. The van der Waals surface area contributed by atoms with E-state index in [9.17, 15) is 4.79 Å². The predicted octanol–water partition coefficient (Wildman–Crippen LogP) is 4.05. The summed E-state index contributed by atoms with van der Waals surface area (Å²) in [6.45, 7) is 1.85. The molecule has 0 atom stereocenters. The highest BCUT2D eigenvalue weighted by Crippen LogP contribution is 2.39. The zero-order valence-corrected chi connectivity index (χ0v) is 13.7. The molecule has 120 valence electrons. The lowest BCUT2D eigenvalue weighted by Gasteiger charge is -2.11. The number of hydrogen-bond donors (Lipinski definition) is 1. The van der Waals surface area contributed by atoms with Gasteiger partial charge in [0.1, 0.15) is 5.75 Å². The number of amides is 1. The van der Waals surface area contributed by atoms with Crippen molar-refractivity contribution in [3.05, 3.63) is 45.9 Å². The lowest BCUT2D eigenvalue weighted by molar-refractivity contribution is -0.118. The minimum Gasteiger partial charge on any atom is -0.483 e. The van der Waals surface area contributed by atoms with Crippen molar-refractivity contribution in [2.45, 2.75) is 6.92 Å². The van der Waals surface area contributed by atoms with E-state index in [0.717, 1.165) is 5.56 Å². The van der Waals surface area contributed by atoms with Gasteiger partial charge in [0.25, 0.3) is 5.91 Å². The summed E-state index contributed by atoms with van der Waals surface area (Å²) in [6, 6.07) is 8.41. The largest absolute Gasteiger partial charge is 0.483 e. The van der Waals surface area contributed by atoms with Crippen LogP contribution in [0.1, 0.15) is 5.56 Å². The van der Waals surface area contributed by atoms with Crippen LogP contribution in [0.3, 0.4) is 0 Å². The monoisotopic (exact) mass is 353 g/mol. The average molecular weight is 354 g/mol. The molecule has 0 saturated heterocycles. The van der Waals surface area contributed by atoms with Crippen LogP contribution in [0.2, 0.25) is 10.0 Å². The Balaban J connectivity index is 1.63. The number of anilines is 1. The van der Waals surface area contributed by atoms with Gasteiger partial charge in [-0.25, -0.2) is 0 Å². The molecule has 0 spiro atoms. The van der Waals surface area contributed by atoms with Crippen molar-refractivity contribution in [3.63, 3.8) is 0 Å². The topological polar surface area (TPSA) is 56.8 Å². The van der Waals surface area contributed by atoms with Crippen molar-refractivity contribution in [2.24, 2.45) is 0 Å². The molecule has 23 heavy (non-hydrogen) atoms. The lowest BCUT2D eigenvalue weighted by atomic mass is 10.2. The predicted molar refractivity (Wildman–Crippen MR) is 87.9 cm³/mol. The number of carbonyl (C=O) groups excluding carboxylic acids is 1. The van der Waals surface area contributed by atoms with Crippen molar-refractivity contribution >= 4 is 34.8 Å². The van der Waals surface area contributed by atoms with Gasteiger partial charge in [-0.15, -0.1) is 0 Å². The Morgan fingerprint density at radius 1 is 1.22 bits per heavy atom. The summed E-state index contributed by atoms with van der Waals surface area (Å²) >= 11 is 12.0. The van der Waals surface area contributed by atoms with Gasteiger partial charge in [0.15, 0.2) is 18.1 Å². The van der Waals surface area contributed by atoms with Crippen molar-refractivity contribution in [3.8, 4) is 17.2 Å². The fourth-order valence-corrected chi connectivity index (χ4v) is 2.54.